The molecule has 66 valence electrons. The lowest BCUT2D eigenvalue weighted by molar-refractivity contribution is -0.0776. The lowest BCUT2D eigenvalue weighted by Crippen LogP contribution is -2.23. The van der Waals surface area contributed by atoms with Crippen LogP contribution in [0.5, 0.6) is 0 Å². The number of halogens is 1. The third kappa shape index (κ3) is 2.06. The molecule has 0 aliphatic carbocycles. The smallest absolute Gasteiger partial charge is 0.161 e. The van der Waals surface area contributed by atoms with E-state index in [0.717, 1.165) is 26.3 Å². The van der Waals surface area contributed by atoms with E-state index in [1.54, 1.807) is 0 Å². The zero-order valence-corrected chi connectivity index (χ0v) is 7.23. The molecule has 0 aromatic carbocycles. The van der Waals surface area contributed by atoms with Gasteiger partial charge in [0.05, 0.1) is 13.2 Å². The minimum atomic E-state index is 0. The first-order valence-corrected chi connectivity index (χ1v) is 3.91. The van der Waals surface area contributed by atoms with Gasteiger partial charge in [-0.1, -0.05) is 0 Å². The molecule has 2 aliphatic heterocycles. The Morgan fingerprint density at radius 1 is 1.18 bits per heavy atom. The minimum absolute atomic E-state index is 0. The highest BCUT2D eigenvalue weighted by atomic mass is 35.5. The van der Waals surface area contributed by atoms with Crippen molar-refractivity contribution in [1.82, 2.24) is 5.32 Å². The molecule has 0 aromatic heterocycles. The Morgan fingerprint density at radius 2 is 1.91 bits per heavy atom. The Kier molecular flexibility index (Phi) is 3.59. The summed E-state index contributed by atoms with van der Waals surface area (Å²) in [6, 6.07) is 0. The number of hydrogen-bond acceptors (Lipinski definition) is 3. The Balaban J connectivity index is 0.000000605. The Labute approximate surface area is 72.8 Å². The first-order valence-electron chi connectivity index (χ1n) is 3.91. The molecule has 0 aromatic rings. The summed E-state index contributed by atoms with van der Waals surface area (Å²) < 4.78 is 10.7. The molecule has 0 bridgehead atoms. The van der Waals surface area contributed by atoms with Gasteiger partial charge in [0.1, 0.15) is 0 Å². The van der Waals surface area contributed by atoms with Crippen LogP contribution >= 0.6 is 12.4 Å². The molecule has 3 nitrogen and oxygen atoms in total. The van der Waals surface area contributed by atoms with Gasteiger partial charge in [-0.05, 0) is 13.0 Å². The Morgan fingerprint density at radius 3 is 2.45 bits per heavy atom. The summed E-state index contributed by atoms with van der Waals surface area (Å²) in [7, 11) is 0. The fraction of sp³-hybridized carbons (Fsp3) is 1.00. The van der Waals surface area contributed by atoms with Gasteiger partial charge in [-0.25, -0.2) is 0 Å². The summed E-state index contributed by atoms with van der Waals surface area (Å²) in [4.78, 5) is 0. The fourth-order valence-corrected chi connectivity index (χ4v) is 1.56. The van der Waals surface area contributed by atoms with Gasteiger partial charge in [0, 0.05) is 12.5 Å². The maximum absolute atomic E-state index is 5.37. The van der Waals surface area contributed by atoms with Crippen LogP contribution in [0.4, 0.5) is 0 Å². The van der Waals surface area contributed by atoms with Gasteiger partial charge in [0.2, 0.25) is 0 Å². The predicted octanol–water partition coefficient (Wildman–Crippen LogP) is 0.391. The summed E-state index contributed by atoms with van der Waals surface area (Å²) in [5.41, 5.74) is 0. The van der Waals surface area contributed by atoms with Crippen molar-refractivity contribution < 1.29 is 9.47 Å². The molecule has 2 aliphatic rings. The van der Waals surface area contributed by atoms with E-state index in [-0.39, 0.29) is 18.7 Å². The normalized spacial score (nSPS) is 32.2. The van der Waals surface area contributed by atoms with Crippen LogP contribution in [-0.2, 0) is 9.47 Å². The van der Waals surface area contributed by atoms with Crippen LogP contribution in [0.25, 0.3) is 0 Å². The summed E-state index contributed by atoms with van der Waals surface area (Å²) in [6.07, 6.45) is 1.29. The maximum Gasteiger partial charge on any atom is 0.161 e. The monoisotopic (exact) mass is 179 g/mol. The Hall–Kier alpha value is 0.170. The Bertz CT molecular complexity index is 97.0. The molecular weight excluding hydrogens is 166 g/mol. The fourth-order valence-electron chi connectivity index (χ4n) is 1.56. The van der Waals surface area contributed by atoms with Gasteiger partial charge >= 0.3 is 0 Å². The lowest BCUT2D eigenvalue weighted by Gasteiger charge is -2.14. The van der Waals surface area contributed by atoms with Crippen molar-refractivity contribution >= 4 is 12.4 Å². The van der Waals surface area contributed by atoms with Crippen molar-refractivity contribution in [2.24, 2.45) is 5.92 Å². The second kappa shape index (κ2) is 4.26. The van der Waals surface area contributed by atoms with Crippen molar-refractivity contribution in [3.8, 4) is 0 Å². The molecule has 2 rings (SSSR count). The van der Waals surface area contributed by atoms with Crippen LogP contribution in [0.2, 0.25) is 0 Å². The molecule has 4 heteroatoms. The SMILES string of the molecule is C1CC(C2OCCO2)CN1.Cl. The standard InChI is InChI=1S/C7H13NO2.ClH/c1-2-8-5-6(1)7-9-3-4-10-7;/h6-8H,1-5H2;1H. The van der Waals surface area contributed by atoms with E-state index in [2.05, 4.69) is 5.32 Å². The molecule has 2 fully saturated rings. The molecule has 0 spiro atoms. The average molecular weight is 180 g/mol. The van der Waals surface area contributed by atoms with Crippen molar-refractivity contribution in [3.63, 3.8) is 0 Å². The van der Waals surface area contributed by atoms with Gasteiger partial charge in [-0.3, -0.25) is 0 Å². The van der Waals surface area contributed by atoms with E-state index in [1.165, 1.54) is 6.42 Å². The van der Waals surface area contributed by atoms with E-state index in [0.29, 0.717) is 5.92 Å². The summed E-state index contributed by atoms with van der Waals surface area (Å²) in [5, 5.41) is 3.29. The van der Waals surface area contributed by atoms with Gasteiger partial charge in [0.15, 0.2) is 6.29 Å². The lowest BCUT2D eigenvalue weighted by atomic mass is 10.1. The summed E-state index contributed by atoms with van der Waals surface area (Å²) >= 11 is 0. The van der Waals surface area contributed by atoms with Crippen LogP contribution in [-0.4, -0.2) is 32.6 Å². The van der Waals surface area contributed by atoms with Crippen molar-refractivity contribution in [2.75, 3.05) is 26.3 Å². The second-order valence-electron chi connectivity index (χ2n) is 2.86. The summed E-state index contributed by atoms with van der Waals surface area (Å²) in [5.74, 6) is 0.600. The third-order valence-corrected chi connectivity index (χ3v) is 2.13. The molecule has 2 heterocycles. The topological polar surface area (TPSA) is 30.5 Å². The largest absolute Gasteiger partial charge is 0.350 e. The maximum atomic E-state index is 5.37. The minimum Gasteiger partial charge on any atom is -0.350 e. The van der Waals surface area contributed by atoms with Gasteiger partial charge in [-0.2, -0.15) is 0 Å². The van der Waals surface area contributed by atoms with E-state index in [4.69, 9.17) is 9.47 Å². The van der Waals surface area contributed by atoms with Crippen LogP contribution in [0, 0.1) is 5.92 Å². The highest BCUT2D eigenvalue weighted by Crippen LogP contribution is 2.19. The molecule has 0 radical (unpaired) electrons. The van der Waals surface area contributed by atoms with E-state index in [9.17, 15) is 0 Å². The van der Waals surface area contributed by atoms with Crippen LogP contribution in [0.1, 0.15) is 6.42 Å². The van der Waals surface area contributed by atoms with Gasteiger partial charge < -0.3 is 14.8 Å². The molecular formula is C7H14ClNO2. The highest BCUT2D eigenvalue weighted by Gasteiger charge is 2.28. The van der Waals surface area contributed by atoms with E-state index < -0.39 is 0 Å². The predicted molar refractivity (Wildman–Crippen MR) is 43.9 cm³/mol. The number of nitrogens with one attached hydrogen (secondary N) is 1. The molecule has 0 amide bonds. The molecule has 0 saturated carbocycles. The first kappa shape index (κ1) is 9.26. The molecule has 1 unspecified atom stereocenters. The van der Waals surface area contributed by atoms with Crippen molar-refractivity contribution in [3.05, 3.63) is 0 Å². The zero-order chi connectivity index (χ0) is 6.81. The average Bonchev–Trinajstić information content (AvgIpc) is 2.59. The van der Waals surface area contributed by atoms with E-state index >= 15 is 0 Å². The van der Waals surface area contributed by atoms with Crippen molar-refractivity contribution in [1.29, 1.82) is 0 Å². The number of rotatable bonds is 1. The summed E-state index contributed by atoms with van der Waals surface area (Å²) in [6.45, 7) is 3.74. The number of ether oxygens (including phenoxy) is 2. The van der Waals surface area contributed by atoms with Crippen LogP contribution in [0.3, 0.4) is 0 Å². The highest BCUT2D eigenvalue weighted by molar-refractivity contribution is 5.85. The molecule has 1 N–H and O–H groups in total. The molecule has 11 heavy (non-hydrogen) atoms. The molecule has 2 saturated heterocycles. The molecule has 1 atom stereocenters. The second-order valence-corrected chi connectivity index (χ2v) is 2.86. The first-order chi connectivity index (χ1) is 4.97. The van der Waals surface area contributed by atoms with Crippen LogP contribution < -0.4 is 5.32 Å². The number of hydrogen-bond donors (Lipinski definition) is 1. The van der Waals surface area contributed by atoms with Crippen molar-refractivity contribution in [2.45, 2.75) is 12.7 Å². The van der Waals surface area contributed by atoms with Crippen LogP contribution in [0.15, 0.2) is 0 Å². The quantitative estimate of drug-likeness (QED) is 0.632. The van der Waals surface area contributed by atoms with Gasteiger partial charge in [-0.15, -0.1) is 12.4 Å². The van der Waals surface area contributed by atoms with E-state index in [1.807, 2.05) is 0 Å². The third-order valence-electron chi connectivity index (χ3n) is 2.13. The van der Waals surface area contributed by atoms with Gasteiger partial charge in [0.25, 0.3) is 0 Å². The zero-order valence-electron chi connectivity index (χ0n) is 6.41.